The summed E-state index contributed by atoms with van der Waals surface area (Å²) < 4.78 is 33.9. The number of hydrogen-bond acceptors (Lipinski definition) is 8. The van der Waals surface area contributed by atoms with Crippen molar-refractivity contribution in [2.24, 2.45) is 0 Å². The number of phosphoric ester groups is 1. The number of carbonyl (C=O) groups excluding carboxylic acids is 2. The molecule has 2 atom stereocenters. The van der Waals surface area contributed by atoms with Gasteiger partial charge in [0.2, 0.25) is 0 Å². The van der Waals surface area contributed by atoms with Crippen LogP contribution in [0.5, 0.6) is 0 Å². The van der Waals surface area contributed by atoms with E-state index in [-0.39, 0.29) is 32.0 Å². The molecule has 0 saturated carbocycles. The van der Waals surface area contributed by atoms with Crippen LogP contribution in [-0.2, 0) is 32.7 Å². The zero-order chi connectivity index (χ0) is 47.1. The summed E-state index contributed by atoms with van der Waals surface area (Å²) in [6, 6.07) is 0. The summed E-state index contributed by atoms with van der Waals surface area (Å²) in [7, 11) is 1.17. The Labute approximate surface area is 395 Å². The number of rotatable bonds is 49. The molecule has 376 valence electrons. The van der Waals surface area contributed by atoms with Gasteiger partial charge in [0.15, 0.2) is 6.10 Å². The number of hydrogen-bond donors (Lipinski definition) is 0. The fourth-order valence-electron chi connectivity index (χ4n) is 7.49. The number of nitrogens with zero attached hydrogens (tertiary/aromatic N) is 1. The van der Waals surface area contributed by atoms with Gasteiger partial charge < -0.3 is 27.9 Å². The molecule has 0 aliphatic rings. The molecule has 0 bridgehead atoms. The first-order chi connectivity index (χ1) is 31.0. The van der Waals surface area contributed by atoms with E-state index in [0.29, 0.717) is 17.4 Å². The third-order valence-corrected chi connectivity index (χ3v) is 12.6. The molecule has 0 heterocycles. The van der Waals surface area contributed by atoms with Gasteiger partial charge in [0.1, 0.15) is 19.8 Å². The predicted octanol–water partition coefficient (Wildman–Crippen LogP) is 15.4. The highest BCUT2D eigenvalue weighted by molar-refractivity contribution is 7.45. The summed E-state index contributed by atoms with van der Waals surface area (Å²) in [6.45, 7) is 4.19. The molecule has 0 saturated heterocycles. The van der Waals surface area contributed by atoms with Gasteiger partial charge in [0, 0.05) is 12.8 Å². The Hall–Kier alpha value is -1.77. The molecule has 64 heavy (non-hydrogen) atoms. The molecule has 10 heteroatoms. The predicted molar refractivity (Wildman–Crippen MR) is 268 cm³/mol. The smallest absolute Gasteiger partial charge is 0.306 e. The van der Waals surface area contributed by atoms with Crippen molar-refractivity contribution in [2.75, 3.05) is 47.5 Å². The minimum atomic E-state index is -4.62. The van der Waals surface area contributed by atoms with Gasteiger partial charge in [-0.1, -0.05) is 217 Å². The first-order valence-corrected chi connectivity index (χ1v) is 28.2. The largest absolute Gasteiger partial charge is 0.756 e. The highest BCUT2D eigenvalue weighted by Gasteiger charge is 2.21. The first kappa shape index (κ1) is 62.2. The van der Waals surface area contributed by atoms with Crippen LogP contribution < -0.4 is 4.89 Å². The Kier molecular flexibility index (Phi) is 45.1. The minimum absolute atomic E-state index is 0.0288. The molecule has 0 rings (SSSR count). The fraction of sp³-hybridized carbons (Fsp3) is 0.852. The van der Waals surface area contributed by atoms with E-state index in [1.807, 2.05) is 21.1 Å². The van der Waals surface area contributed by atoms with Crippen LogP contribution in [-0.4, -0.2) is 70.0 Å². The second-order valence-electron chi connectivity index (χ2n) is 19.2. The van der Waals surface area contributed by atoms with E-state index < -0.39 is 26.5 Å². The number of allylic oxidation sites excluding steroid dienone is 6. The molecule has 0 aliphatic heterocycles. The second-order valence-corrected chi connectivity index (χ2v) is 20.7. The number of ether oxygens (including phenoxy) is 2. The molecule has 0 radical (unpaired) electrons. The second kappa shape index (κ2) is 46.3. The average molecular weight is 924 g/mol. The zero-order valence-corrected chi connectivity index (χ0v) is 43.4. The Morgan fingerprint density at radius 2 is 0.844 bits per heavy atom. The van der Waals surface area contributed by atoms with Gasteiger partial charge in [0.05, 0.1) is 27.7 Å². The molecule has 2 unspecified atom stereocenters. The van der Waals surface area contributed by atoms with Crippen molar-refractivity contribution in [3.63, 3.8) is 0 Å². The van der Waals surface area contributed by atoms with Gasteiger partial charge >= 0.3 is 11.9 Å². The zero-order valence-electron chi connectivity index (χ0n) is 42.5. The van der Waals surface area contributed by atoms with Gasteiger partial charge in [-0.25, -0.2) is 0 Å². The summed E-state index contributed by atoms with van der Waals surface area (Å²) in [4.78, 5) is 37.4. The number of unbranched alkanes of at least 4 members (excludes halogenated alkanes) is 29. The maximum atomic E-state index is 12.7. The van der Waals surface area contributed by atoms with Gasteiger partial charge in [-0.2, -0.15) is 0 Å². The maximum Gasteiger partial charge on any atom is 0.306 e. The summed E-state index contributed by atoms with van der Waals surface area (Å²) in [6.07, 6.45) is 55.1. The Bertz CT molecular complexity index is 1180. The molecule has 0 fully saturated rings. The lowest BCUT2D eigenvalue weighted by Gasteiger charge is -2.28. The van der Waals surface area contributed by atoms with Crippen LogP contribution in [0, 0.1) is 0 Å². The molecule has 0 aromatic carbocycles. The number of quaternary nitrogens is 1. The molecular formula is C54H102NO8P. The van der Waals surface area contributed by atoms with Crippen molar-refractivity contribution in [3.05, 3.63) is 36.5 Å². The highest BCUT2D eigenvalue weighted by atomic mass is 31.2. The van der Waals surface area contributed by atoms with Crippen molar-refractivity contribution in [1.82, 2.24) is 0 Å². The number of phosphoric acid groups is 1. The summed E-state index contributed by atoms with van der Waals surface area (Å²) in [5.74, 6) is -0.832. The number of esters is 2. The van der Waals surface area contributed by atoms with E-state index in [2.05, 4.69) is 50.3 Å². The third-order valence-electron chi connectivity index (χ3n) is 11.7. The van der Waals surface area contributed by atoms with Crippen LogP contribution in [0.1, 0.15) is 245 Å². The van der Waals surface area contributed by atoms with Gasteiger partial charge in [-0.15, -0.1) is 0 Å². The van der Waals surface area contributed by atoms with Gasteiger partial charge in [-0.3, -0.25) is 14.2 Å². The van der Waals surface area contributed by atoms with Crippen molar-refractivity contribution in [1.29, 1.82) is 0 Å². The van der Waals surface area contributed by atoms with Crippen molar-refractivity contribution in [2.45, 2.75) is 251 Å². The molecule has 0 aromatic rings. The van der Waals surface area contributed by atoms with Crippen LogP contribution in [0.15, 0.2) is 36.5 Å². The molecule has 0 aromatic heterocycles. The monoisotopic (exact) mass is 924 g/mol. The molecule has 9 nitrogen and oxygen atoms in total. The average Bonchev–Trinajstić information content (AvgIpc) is 3.25. The Morgan fingerprint density at radius 3 is 1.25 bits per heavy atom. The van der Waals surface area contributed by atoms with Crippen molar-refractivity contribution >= 4 is 19.8 Å². The highest BCUT2D eigenvalue weighted by Crippen LogP contribution is 2.38. The van der Waals surface area contributed by atoms with Crippen LogP contribution >= 0.6 is 7.82 Å². The molecule has 0 spiro atoms. The Balaban J connectivity index is 3.91. The quantitative estimate of drug-likeness (QED) is 0.0195. The van der Waals surface area contributed by atoms with E-state index in [1.54, 1.807) is 0 Å². The molecule has 0 amide bonds. The third kappa shape index (κ3) is 49.7. The van der Waals surface area contributed by atoms with Crippen LogP contribution in [0.25, 0.3) is 0 Å². The van der Waals surface area contributed by atoms with E-state index in [1.165, 1.54) is 167 Å². The molecule has 0 aliphatic carbocycles. The maximum absolute atomic E-state index is 12.7. The lowest BCUT2D eigenvalue weighted by molar-refractivity contribution is -0.870. The molecule has 0 N–H and O–H groups in total. The number of carbonyl (C=O) groups is 2. The summed E-state index contributed by atoms with van der Waals surface area (Å²) in [5, 5.41) is 0. The van der Waals surface area contributed by atoms with Crippen LogP contribution in [0.3, 0.4) is 0 Å². The standard InChI is InChI=1S/C54H102NO8P/c1-6-8-10-12-14-15-16-17-18-19-20-21-22-23-24-25-26-27-28-29-30-31-32-33-34-35-36-37-38-39-41-43-45-47-54(57)63-52(51-62-64(58,59)61-49-48-55(3,4)5)50-60-53(56)46-44-42-40-13-11-9-7-2/h16-17,19-20,22-23,52H,6-15,18,21,24-51H2,1-5H3/b17-16-,20-19-,23-22-. The summed E-state index contributed by atoms with van der Waals surface area (Å²) >= 11 is 0. The van der Waals surface area contributed by atoms with Crippen molar-refractivity contribution < 1.29 is 42.1 Å². The van der Waals surface area contributed by atoms with E-state index in [4.69, 9.17) is 18.5 Å². The van der Waals surface area contributed by atoms with Gasteiger partial charge in [-0.05, 0) is 51.4 Å². The summed E-state index contributed by atoms with van der Waals surface area (Å²) in [5.41, 5.74) is 0. The normalized spacial score (nSPS) is 13.7. The Morgan fingerprint density at radius 1 is 0.484 bits per heavy atom. The van der Waals surface area contributed by atoms with Gasteiger partial charge in [0.25, 0.3) is 7.82 Å². The van der Waals surface area contributed by atoms with E-state index in [9.17, 15) is 19.0 Å². The van der Waals surface area contributed by atoms with Crippen LogP contribution in [0.2, 0.25) is 0 Å². The fourth-order valence-corrected chi connectivity index (χ4v) is 8.22. The van der Waals surface area contributed by atoms with E-state index >= 15 is 0 Å². The lowest BCUT2D eigenvalue weighted by atomic mass is 10.0. The van der Waals surface area contributed by atoms with Crippen molar-refractivity contribution in [3.8, 4) is 0 Å². The van der Waals surface area contributed by atoms with E-state index in [0.717, 1.165) is 44.9 Å². The SMILES string of the molecule is CCCCCCC/C=C\C/C=C\C/C=C\CCCCCCCCCCCCCCCCCCCCC(=O)OC(COC(=O)CCCCCCCCC)COP(=O)([O-])OCC[N+](C)(C)C. The lowest BCUT2D eigenvalue weighted by Crippen LogP contribution is -2.37. The van der Waals surface area contributed by atoms with Crippen LogP contribution in [0.4, 0.5) is 0 Å². The molecular weight excluding hydrogens is 822 g/mol. The minimum Gasteiger partial charge on any atom is -0.756 e. The first-order valence-electron chi connectivity index (χ1n) is 26.7. The number of likely N-dealkylation sites (N-methyl/N-ethyl adjacent to an activating group) is 1. The topological polar surface area (TPSA) is 111 Å².